The highest BCUT2D eigenvalue weighted by Gasteiger charge is 2.11. The number of aromatic nitrogens is 1. The summed E-state index contributed by atoms with van der Waals surface area (Å²) >= 11 is 11.1. The van der Waals surface area contributed by atoms with E-state index >= 15 is 0 Å². The number of hydrogen-bond donors (Lipinski definition) is 2. The second-order valence-electron chi connectivity index (χ2n) is 7.56. The van der Waals surface area contributed by atoms with Gasteiger partial charge in [-0.25, -0.2) is 4.98 Å². The number of benzene rings is 4. The fourth-order valence-corrected chi connectivity index (χ4v) is 3.84. The highest BCUT2D eigenvalue weighted by atomic mass is 35.5. The molecule has 1 heterocycles. The lowest BCUT2D eigenvalue weighted by Crippen LogP contribution is -2.34. The highest BCUT2D eigenvalue weighted by molar-refractivity contribution is 7.80. The normalized spacial score (nSPS) is 10.7. The molecule has 0 aliphatic carbocycles. The van der Waals surface area contributed by atoms with Crippen molar-refractivity contribution in [1.29, 1.82) is 0 Å². The van der Waals surface area contributed by atoms with Crippen LogP contribution in [0.2, 0.25) is 5.02 Å². The maximum atomic E-state index is 12.3. The molecule has 166 valence electrons. The van der Waals surface area contributed by atoms with E-state index in [4.69, 9.17) is 28.2 Å². The lowest BCUT2D eigenvalue weighted by molar-refractivity contribution is 0.0977. The molecule has 5 rings (SSSR count). The first-order valence-electron chi connectivity index (χ1n) is 10.5. The van der Waals surface area contributed by atoms with Gasteiger partial charge in [0.15, 0.2) is 10.7 Å². The van der Waals surface area contributed by atoms with E-state index in [9.17, 15) is 4.79 Å². The van der Waals surface area contributed by atoms with Gasteiger partial charge in [-0.05, 0) is 77.9 Å². The summed E-state index contributed by atoms with van der Waals surface area (Å²) < 4.78 is 5.94. The van der Waals surface area contributed by atoms with E-state index in [2.05, 4.69) is 27.8 Å². The quantitative estimate of drug-likeness (QED) is 0.271. The Balaban J connectivity index is 1.29. The minimum Gasteiger partial charge on any atom is -0.436 e. The predicted octanol–water partition coefficient (Wildman–Crippen LogP) is 6.94. The molecule has 0 bridgehead atoms. The molecule has 0 spiro atoms. The third-order valence-electron chi connectivity index (χ3n) is 5.22. The Hall–Kier alpha value is -4.00. The van der Waals surface area contributed by atoms with E-state index in [0.29, 0.717) is 33.3 Å². The number of carbonyl (C=O) groups excluding carboxylic acids is 1. The monoisotopic (exact) mass is 483 g/mol. The molecule has 5 aromatic rings. The summed E-state index contributed by atoms with van der Waals surface area (Å²) in [6, 6.07) is 30.3. The summed E-state index contributed by atoms with van der Waals surface area (Å²) in [5.41, 5.74) is 5.65. The van der Waals surface area contributed by atoms with Crippen molar-refractivity contribution in [3.05, 3.63) is 108 Å². The summed E-state index contributed by atoms with van der Waals surface area (Å²) in [6.07, 6.45) is 0. The molecule has 0 radical (unpaired) electrons. The average molecular weight is 484 g/mol. The number of nitrogens with zero attached hydrogens (tertiary/aromatic N) is 1. The number of carbonyl (C=O) groups is 1. The Bertz CT molecular complexity index is 1480. The molecule has 2 N–H and O–H groups in total. The number of fused-ring (bicyclic) bond motifs is 1. The molecule has 0 atom stereocenters. The minimum absolute atomic E-state index is 0.180. The van der Waals surface area contributed by atoms with E-state index in [1.165, 1.54) is 0 Å². The third-order valence-corrected chi connectivity index (χ3v) is 5.67. The molecule has 0 unspecified atom stereocenters. The van der Waals surface area contributed by atoms with Gasteiger partial charge in [0.2, 0.25) is 5.89 Å². The van der Waals surface area contributed by atoms with Crippen molar-refractivity contribution < 1.29 is 9.21 Å². The first kappa shape index (κ1) is 21.8. The SMILES string of the molecule is O=C(NC(=S)Nc1ccc2oc(-c3ccc(-c4ccccc4)cc3)nc2c1)c1ccc(Cl)cc1. The van der Waals surface area contributed by atoms with E-state index in [1.54, 1.807) is 24.3 Å². The van der Waals surface area contributed by atoms with E-state index < -0.39 is 0 Å². The van der Waals surface area contributed by atoms with Gasteiger partial charge in [-0.15, -0.1) is 0 Å². The van der Waals surface area contributed by atoms with Gasteiger partial charge in [0, 0.05) is 21.8 Å². The van der Waals surface area contributed by atoms with Crippen LogP contribution in [0.25, 0.3) is 33.7 Å². The number of halogens is 1. The average Bonchev–Trinajstić information content (AvgIpc) is 3.28. The van der Waals surface area contributed by atoms with Crippen LogP contribution in [0, 0.1) is 0 Å². The summed E-state index contributed by atoms with van der Waals surface area (Å²) in [4.78, 5) is 17.0. The molecule has 5 nitrogen and oxygen atoms in total. The maximum absolute atomic E-state index is 12.3. The van der Waals surface area contributed by atoms with Crippen molar-refractivity contribution in [1.82, 2.24) is 10.3 Å². The minimum atomic E-state index is -0.321. The number of amides is 1. The fourth-order valence-electron chi connectivity index (χ4n) is 3.50. The number of thiocarbonyl (C=S) groups is 1. The van der Waals surface area contributed by atoms with Crippen molar-refractivity contribution >= 4 is 51.6 Å². The van der Waals surface area contributed by atoms with Crippen LogP contribution >= 0.6 is 23.8 Å². The Morgan fingerprint density at radius 1 is 0.824 bits per heavy atom. The fraction of sp³-hybridized carbons (Fsp3) is 0. The Morgan fingerprint density at radius 3 is 2.24 bits per heavy atom. The number of oxazole rings is 1. The molecule has 1 amide bonds. The van der Waals surface area contributed by atoms with Crippen LogP contribution in [0.5, 0.6) is 0 Å². The molecule has 0 fully saturated rings. The van der Waals surface area contributed by atoms with Gasteiger partial charge < -0.3 is 9.73 Å². The van der Waals surface area contributed by atoms with Gasteiger partial charge in [0.1, 0.15) is 5.52 Å². The second-order valence-corrected chi connectivity index (χ2v) is 8.40. The molecule has 0 aliphatic rings. The van der Waals surface area contributed by atoms with Gasteiger partial charge in [-0.2, -0.15) is 0 Å². The van der Waals surface area contributed by atoms with Crippen LogP contribution in [0.1, 0.15) is 10.4 Å². The molecule has 1 aromatic heterocycles. The second kappa shape index (κ2) is 9.47. The molecular formula is C27H18ClN3O2S. The zero-order valence-corrected chi connectivity index (χ0v) is 19.4. The number of nitrogens with one attached hydrogen (secondary N) is 2. The van der Waals surface area contributed by atoms with E-state index in [-0.39, 0.29) is 11.0 Å². The van der Waals surface area contributed by atoms with Crippen LogP contribution in [-0.2, 0) is 0 Å². The standard InChI is InChI=1S/C27H18ClN3O2S/c28-21-12-10-19(11-13-21)25(32)31-27(34)29-22-14-15-24-23(16-22)30-26(33-24)20-8-6-18(7-9-20)17-4-2-1-3-5-17/h1-16H,(H2,29,31,32,34). The molecule has 0 aliphatic heterocycles. The molecule has 34 heavy (non-hydrogen) atoms. The van der Waals surface area contributed by atoms with Gasteiger partial charge in [-0.1, -0.05) is 54.1 Å². The number of anilines is 1. The first-order chi connectivity index (χ1) is 16.5. The smallest absolute Gasteiger partial charge is 0.257 e. The Morgan fingerprint density at radius 2 is 1.50 bits per heavy atom. The van der Waals surface area contributed by atoms with Gasteiger partial charge in [0.25, 0.3) is 5.91 Å². The molecule has 0 saturated heterocycles. The van der Waals surface area contributed by atoms with Crippen molar-refractivity contribution in [3.8, 4) is 22.6 Å². The topological polar surface area (TPSA) is 67.2 Å². The Labute approximate surface area is 206 Å². The van der Waals surface area contributed by atoms with Crippen molar-refractivity contribution in [2.45, 2.75) is 0 Å². The van der Waals surface area contributed by atoms with E-state index in [0.717, 1.165) is 16.7 Å². The predicted molar refractivity (Wildman–Crippen MR) is 140 cm³/mol. The number of hydrogen-bond acceptors (Lipinski definition) is 4. The zero-order valence-electron chi connectivity index (χ0n) is 17.8. The first-order valence-corrected chi connectivity index (χ1v) is 11.3. The van der Waals surface area contributed by atoms with Crippen LogP contribution < -0.4 is 10.6 Å². The lowest BCUT2D eigenvalue weighted by Gasteiger charge is -2.09. The molecular weight excluding hydrogens is 466 g/mol. The van der Waals surface area contributed by atoms with Gasteiger partial charge >= 0.3 is 0 Å². The van der Waals surface area contributed by atoms with Gasteiger partial charge in [0.05, 0.1) is 0 Å². The van der Waals surface area contributed by atoms with E-state index in [1.807, 2.05) is 60.7 Å². The van der Waals surface area contributed by atoms with Crippen LogP contribution in [-0.4, -0.2) is 16.0 Å². The van der Waals surface area contributed by atoms with Crippen LogP contribution in [0.4, 0.5) is 5.69 Å². The van der Waals surface area contributed by atoms with Crippen molar-refractivity contribution in [3.63, 3.8) is 0 Å². The summed E-state index contributed by atoms with van der Waals surface area (Å²) in [7, 11) is 0. The van der Waals surface area contributed by atoms with Crippen LogP contribution in [0.15, 0.2) is 101 Å². The largest absolute Gasteiger partial charge is 0.436 e. The van der Waals surface area contributed by atoms with Crippen molar-refractivity contribution in [2.75, 3.05) is 5.32 Å². The third kappa shape index (κ3) is 4.83. The number of rotatable bonds is 4. The van der Waals surface area contributed by atoms with Gasteiger partial charge in [-0.3, -0.25) is 10.1 Å². The highest BCUT2D eigenvalue weighted by Crippen LogP contribution is 2.28. The maximum Gasteiger partial charge on any atom is 0.257 e. The Kier molecular flexibility index (Phi) is 6.08. The van der Waals surface area contributed by atoms with Crippen molar-refractivity contribution in [2.24, 2.45) is 0 Å². The zero-order chi connectivity index (χ0) is 23.5. The summed E-state index contributed by atoms with van der Waals surface area (Å²) in [5, 5.41) is 6.41. The summed E-state index contributed by atoms with van der Waals surface area (Å²) in [5.74, 6) is 0.211. The molecule has 4 aromatic carbocycles. The van der Waals surface area contributed by atoms with Crippen LogP contribution in [0.3, 0.4) is 0 Å². The summed E-state index contributed by atoms with van der Waals surface area (Å²) in [6.45, 7) is 0. The molecule has 0 saturated carbocycles. The molecule has 7 heteroatoms. The lowest BCUT2D eigenvalue weighted by atomic mass is 10.0.